The lowest BCUT2D eigenvalue weighted by atomic mass is 9.97. The summed E-state index contributed by atoms with van der Waals surface area (Å²) in [6.07, 6.45) is 0. The third-order valence-corrected chi connectivity index (χ3v) is 5.31. The number of fused-ring (bicyclic) bond motifs is 2. The smallest absolute Gasteiger partial charge is 0.337 e. The van der Waals surface area contributed by atoms with Gasteiger partial charge in [-0.1, -0.05) is 24.3 Å². The van der Waals surface area contributed by atoms with Gasteiger partial charge in [0.15, 0.2) is 5.43 Å². The Morgan fingerprint density at radius 1 is 1.10 bits per heavy atom. The Balaban J connectivity index is 1.87. The van der Waals surface area contributed by atoms with Gasteiger partial charge in [-0.3, -0.25) is 9.59 Å². The lowest BCUT2D eigenvalue weighted by molar-refractivity contribution is 0.0599. The van der Waals surface area contributed by atoms with Crippen LogP contribution in [0.3, 0.4) is 0 Å². The molecule has 3 aromatic rings. The third kappa shape index (κ3) is 3.27. The topological polar surface area (TPSA) is 80.1 Å². The molecule has 0 radical (unpaired) electrons. The number of nitrogens with zero attached hydrogens (tertiary/aromatic N) is 2. The lowest BCUT2D eigenvalue weighted by Gasteiger charge is -2.26. The van der Waals surface area contributed by atoms with Crippen LogP contribution in [0.5, 0.6) is 0 Å². The van der Waals surface area contributed by atoms with Crippen molar-refractivity contribution in [2.24, 2.45) is 0 Å². The van der Waals surface area contributed by atoms with Crippen LogP contribution in [0, 0.1) is 0 Å². The van der Waals surface area contributed by atoms with Crippen molar-refractivity contribution in [1.29, 1.82) is 0 Å². The van der Waals surface area contributed by atoms with E-state index < -0.39 is 12.0 Å². The zero-order chi connectivity index (χ0) is 21.4. The molecule has 7 nitrogen and oxygen atoms in total. The number of benzene rings is 2. The Labute approximate surface area is 173 Å². The van der Waals surface area contributed by atoms with Gasteiger partial charge in [-0.2, -0.15) is 0 Å². The van der Waals surface area contributed by atoms with E-state index in [0.717, 1.165) is 5.56 Å². The molecule has 0 spiro atoms. The summed E-state index contributed by atoms with van der Waals surface area (Å²) in [5.41, 5.74) is 1.65. The van der Waals surface area contributed by atoms with Crippen LogP contribution in [0.15, 0.2) is 57.7 Å². The van der Waals surface area contributed by atoms with Gasteiger partial charge in [0.2, 0.25) is 5.76 Å². The molecule has 0 N–H and O–H groups in total. The van der Waals surface area contributed by atoms with Crippen LogP contribution in [-0.4, -0.2) is 56.0 Å². The van der Waals surface area contributed by atoms with Crippen molar-refractivity contribution in [2.45, 2.75) is 6.04 Å². The SMILES string of the molecule is COC(=O)c1ccc(C2c3c(oc4ccccc4c3=O)C(=O)N2CCN(C)C)cc1. The number of rotatable bonds is 5. The zero-order valence-corrected chi connectivity index (χ0v) is 17.0. The van der Waals surface area contributed by atoms with Gasteiger partial charge in [-0.25, -0.2) is 4.79 Å². The molecule has 1 amide bonds. The van der Waals surface area contributed by atoms with Gasteiger partial charge in [0, 0.05) is 13.1 Å². The number of amides is 1. The highest BCUT2D eigenvalue weighted by Crippen LogP contribution is 2.38. The van der Waals surface area contributed by atoms with Crippen LogP contribution in [0.2, 0.25) is 0 Å². The van der Waals surface area contributed by atoms with Crippen molar-refractivity contribution in [3.63, 3.8) is 0 Å². The lowest BCUT2D eigenvalue weighted by Crippen LogP contribution is -2.35. The summed E-state index contributed by atoms with van der Waals surface area (Å²) < 4.78 is 10.6. The van der Waals surface area contributed by atoms with Gasteiger partial charge in [0.1, 0.15) is 5.58 Å². The van der Waals surface area contributed by atoms with E-state index in [1.54, 1.807) is 53.4 Å². The van der Waals surface area contributed by atoms with Gasteiger partial charge in [0.25, 0.3) is 5.91 Å². The number of hydrogen-bond acceptors (Lipinski definition) is 6. The second-order valence-electron chi connectivity index (χ2n) is 7.49. The first kappa shape index (κ1) is 19.8. The quantitative estimate of drug-likeness (QED) is 0.606. The molecule has 2 aromatic carbocycles. The summed E-state index contributed by atoms with van der Waals surface area (Å²) >= 11 is 0. The molecule has 0 saturated carbocycles. The summed E-state index contributed by atoms with van der Waals surface area (Å²) in [5.74, 6) is -0.671. The predicted octanol–water partition coefficient (Wildman–Crippen LogP) is 2.69. The highest BCUT2D eigenvalue weighted by atomic mass is 16.5. The molecule has 154 valence electrons. The average molecular weight is 406 g/mol. The van der Waals surface area contributed by atoms with Crippen molar-refractivity contribution in [2.75, 3.05) is 34.3 Å². The van der Waals surface area contributed by atoms with E-state index >= 15 is 0 Å². The molecule has 7 heteroatoms. The number of carbonyl (C=O) groups excluding carboxylic acids is 2. The Kier molecular flexibility index (Phi) is 5.13. The van der Waals surface area contributed by atoms with Crippen molar-refractivity contribution < 1.29 is 18.7 Å². The van der Waals surface area contributed by atoms with Crippen LogP contribution in [0.25, 0.3) is 11.0 Å². The minimum Gasteiger partial charge on any atom is -0.465 e. The minimum atomic E-state index is -0.583. The number of carbonyl (C=O) groups is 2. The predicted molar refractivity (Wildman–Crippen MR) is 112 cm³/mol. The highest BCUT2D eigenvalue weighted by Gasteiger charge is 2.42. The largest absolute Gasteiger partial charge is 0.465 e. The van der Waals surface area contributed by atoms with E-state index in [0.29, 0.717) is 35.2 Å². The molecule has 0 aliphatic carbocycles. The number of likely N-dealkylation sites (N-methyl/N-ethyl adjacent to an activating group) is 1. The van der Waals surface area contributed by atoms with Gasteiger partial charge >= 0.3 is 5.97 Å². The summed E-state index contributed by atoms with van der Waals surface area (Å²) in [5, 5.41) is 0.440. The molecule has 1 aromatic heterocycles. The Morgan fingerprint density at radius 3 is 2.47 bits per heavy atom. The van der Waals surface area contributed by atoms with E-state index in [2.05, 4.69) is 0 Å². The maximum absolute atomic E-state index is 13.3. The van der Waals surface area contributed by atoms with Crippen LogP contribution in [0.1, 0.15) is 38.1 Å². The standard InChI is InChI=1S/C23H22N2O5/c1-24(2)12-13-25-19(14-8-10-15(11-9-14)23(28)29-3)18-20(26)16-6-4-5-7-17(16)30-21(18)22(25)27/h4-11,19H,12-13H2,1-3H3. The van der Waals surface area contributed by atoms with Gasteiger partial charge in [-0.05, 0) is 43.9 Å². The molecule has 30 heavy (non-hydrogen) atoms. The molecule has 1 aliphatic rings. The maximum atomic E-state index is 13.3. The fraction of sp³-hybridized carbons (Fsp3) is 0.261. The van der Waals surface area contributed by atoms with E-state index in [1.807, 2.05) is 19.0 Å². The van der Waals surface area contributed by atoms with Gasteiger partial charge in [-0.15, -0.1) is 0 Å². The number of para-hydroxylation sites is 1. The van der Waals surface area contributed by atoms with Crippen molar-refractivity contribution in [3.8, 4) is 0 Å². The molecule has 1 aliphatic heterocycles. The van der Waals surface area contributed by atoms with E-state index in [4.69, 9.17) is 9.15 Å². The van der Waals surface area contributed by atoms with Crippen molar-refractivity contribution in [1.82, 2.24) is 9.80 Å². The Morgan fingerprint density at radius 2 is 1.80 bits per heavy atom. The Hall–Kier alpha value is -3.45. The molecule has 1 unspecified atom stereocenters. The van der Waals surface area contributed by atoms with E-state index in [9.17, 15) is 14.4 Å². The van der Waals surface area contributed by atoms with Crippen LogP contribution < -0.4 is 5.43 Å². The summed E-state index contributed by atoms with van der Waals surface area (Å²) in [6, 6.07) is 13.1. The molecule has 0 saturated heterocycles. The molecular formula is C23H22N2O5. The fourth-order valence-electron chi connectivity index (χ4n) is 3.77. The normalized spacial score (nSPS) is 15.7. The number of ether oxygens (including phenoxy) is 1. The van der Waals surface area contributed by atoms with E-state index in [1.165, 1.54) is 7.11 Å². The number of hydrogen-bond donors (Lipinski definition) is 0. The summed E-state index contributed by atoms with van der Waals surface area (Å²) in [4.78, 5) is 41.9. The monoisotopic (exact) mass is 406 g/mol. The fourth-order valence-corrected chi connectivity index (χ4v) is 3.77. The van der Waals surface area contributed by atoms with Crippen molar-refractivity contribution in [3.05, 3.63) is 81.2 Å². The first-order chi connectivity index (χ1) is 14.4. The highest BCUT2D eigenvalue weighted by molar-refractivity contribution is 5.99. The second-order valence-corrected chi connectivity index (χ2v) is 7.49. The summed E-state index contributed by atoms with van der Waals surface area (Å²) in [7, 11) is 5.17. The number of esters is 1. The second kappa shape index (κ2) is 7.76. The third-order valence-electron chi connectivity index (χ3n) is 5.31. The number of methoxy groups -OCH3 is 1. The molecule has 0 bridgehead atoms. The van der Waals surface area contributed by atoms with Crippen LogP contribution >= 0.6 is 0 Å². The van der Waals surface area contributed by atoms with Crippen LogP contribution in [0.4, 0.5) is 0 Å². The molecular weight excluding hydrogens is 384 g/mol. The van der Waals surface area contributed by atoms with Crippen molar-refractivity contribution >= 4 is 22.8 Å². The van der Waals surface area contributed by atoms with Gasteiger partial charge < -0.3 is 19.0 Å². The Bertz CT molecular complexity index is 1180. The van der Waals surface area contributed by atoms with E-state index in [-0.39, 0.29) is 17.1 Å². The zero-order valence-electron chi connectivity index (χ0n) is 17.0. The minimum absolute atomic E-state index is 0.0829. The molecule has 4 rings (SSSR count). The van der Waals surface area contributed by atoms with Gasteiger partial charge in [0.05, 0.1) is 29.7 Å². The molecule has 2 heterocycles. The van der Waals surface area contributed by atoms with Crippen LogP contribution in [-0.2, 0) is 4.74 Å². The average Bonchev–Trinajstić information content (AvgIpc) is 3.04. The first-order valence-corrected chi connectivity index (χ1v) is 9.62. The maximum Gasteiger partial charge on any atom is 0.337 e. The molecule has 0 fully saturated rings. The summed E-state index contributed by atoms with van der Waals surface area (Å²) in [6.45, 7) is 1.05. The molecule has 1 atom stereocenters. The first-order valence-electron chi connectivity index (χ1n) is 9.62.